The van der Waals surface area contributed by atoms with E-state index in [0.717, 1.165) is 5.56 Å². The average Bonchev–Trinajstić information content (AvgIpc) is 2.06. The second-order valence-corrected chi connectivity index (χ2v) is 3.07. The van der Waals surface area contributed by atoms with Crippen LogP contribution in [0.1, 0.15) is 12.5 Å². The molecule has 0 aromatic heterocycles. The molecule has 0 fully saturated rings. The molecule has 0 amide bonds. The first-order chi connectivity index (χ1) is 5.74. The molecule has 0 radical (unpaired) electrons. The molecule has 0 saturated heterocycles. The van der Waals surface area contributed by atoms with Crippen molar-refractivity contribution in [2.24, 2.45) is 0 Å². The molecule has 0 aliphatic rings. The first-order valence-electron chi connectivity index (χ1n) is 3.36. The van der Waals surface area contributed by atoms with E-state index in [9.17, 15) is 8.76 Å². The van der Waals surface area contributed by atoms with Gasteiger partial charge in [0.15, 0.2) is 0 Å². The highest BCUT2D eigenvalue weighted by Gasteiger charge is 1.90. The highest BCUT2D eigenvalue weighted by molar-refractivity contribution is 7.79. The average molecular weight is 179 g/mol. The zero-order chi connectivity index (χ0) is 8.97. The third-order valence-electron chi connectivity index (χ3n) is 1.32. The Kier molecular flexibility index (Phi) is 3.03. The Morgan fingerprint density at radius 3 is 2.33 bits per heavy atom. The molecule has 1 aromatic carbocycles. The van der Waals surface area contributed by atoms with Crippen LogP contribution in [0.25, 0.3) is 0 Å². The number of hydrogen-bond donors (Lipinski definition) is 0. The van der Waals surface area contributed by atoms with Crippen molar-refractivity contribution in [3.05, 3.63) is 29.8 Å². The molecule has 1 unspecified atom stereocenters. The normalized spacial score (nSPS) is 11.5. The van der Waals surface area contributed by atoms with E-state index in [-0.39, 0.29) is 4.90 Å². The molecule has 3 heteroatoms. The van der Waals surface area contributed by atoms with Crippen LogP contribution < -0.4 is 0 Å². The van der Waals surface area contributed by atoms with Crippen LogP contribution in [0.4, 0.5) is 0 Å². The molecule has 0 N–H and O–H groups in total. The minimum absolute atomic E-state index is 0.289. The Balaban J connectivity index is 2.98. The summed E-state index contributed by atoms with van der Waals surface area (Å²) in [5.74, 6) is 5.55. The van der Waals surface area contributed by atoms with Crippen LogP contribution >= 0.6 is 0 Å². The SMILES string of the molecule is CC#Cc1ccc(S(=O)[O-])cc1. The summed E-state index contributed by atoms with van der Waals surface area (Å²) in [5, 5.41) is 0. The maximum Gasteiger partial charge on any atom is 0.0249 e. The van der Waals surface area contributed by atoms with Crippen LogP contribution in [-0.4, -0.2) is 8.76 Å². The molecular weight excluding hydrogens is 172 g/mol. The van der Waals surface area contributed by atoms with Crippen LogP contribution in [0.3, 0.4) is 0 Å². The topological polar surface area (TPSA) is 40.1 Å². The molecule has 0 bridgehead atoms. The van der Waals surface area contributed by atoms with E-state index in [1.165, 1.54) is 12.1 Å². The highest BCUT2D eigenvalue weighted by atomic mass is 32.2. The van der Waals surface area contributed by atoms with Gasteiger partial charge in [0.2, 0.25) is 0 Å². The van der Waals surface area contributed by atoms with Gasteiger partial charge in [-0.15, -0.1) is 5.92 Å². The van der Waals surface area contributed by atoms with Gasteiger partial charge >= 0.3 is 0 Å². The largest absolute Gasteiger partial charge is 0.768 e. The van der Waals surface area contributed by atoms with E-state index < -0.39 is 11.1 Å². The van der Waals surface area contributed by atoms with Gasteiger partial charge in [0.1, 0.15) is 0 Å². The maximum atomic E-state index is 10.4. The van der Waals surface area contributed by atoms with Gasteiger partial charge < -0.3 is 4.55 Å². The van der Waals surface area contributed by atoms with Crippen LogP contribution in [0.5, 0.6) is 0 Å². The van der Waals surface area contributed by atoms with Crippen molar-refractivity contribution in [2.45, 2.75) is 11.8 Å². The number of rotatable bonds is 1. The number of benzene rings is 1. The second kappa shape index (κ2) is 4.05. The third-order valence-corrected chi connectivity index (χ3v) is 1.97. The Morgan fingerprint density at radius 1 is 1.33 bits per heavy atom. The lowest BCUT2D eigenvalue weighted by molar-refractivity contribution is 0.537. The lowest BCUT2D eigenvalue weighted by Gasteiger charge is -2.03. The molecule has 0 heterocycles. The van der Waals surface area contributed by atoms with Crippen molar-refractivity contribution in [3.8, 4) is 11.8 Å². The first-order valence-corrected chi connectivity index (χ1v) is 4.43. The molecule has 62 valence electrons. The molecular formula is C9H7O2S-. The quantitative estimate of drug-likeness (QED) is 0.481. The monoisotopic (exact) mass is 179 g/mol. The van der Waals surface area contributed by atoms with Gasteiger partial charge in [0.05, 0.1) is 0 Å². The van der Waals surface area contributed by atoms with E-state index >= 15 is 0 Å². The van der Waals surface area contributed by atoms with E-state index in [1.54, 1.807) is 19.1 Å². The summed E-state index contributed by atoms with van der Waals surface area (Å²) in [6, 6.07) is 6.43. The Hall–Kier alpha value is -1.11. The van der Waals surface area contributed by atoms with E-state index in [2.05, 4.69) is 11.8 Å². The van der Waals surface area contributed by atoms with Crippen LogP contribution in [0.2, 0.25) is 0 Å². The summed E-state index contributed by atoms with van der Waals surface area (Å²) in [6.07, 6.45) is 0. The van der Waals surface area contributed by atoms with E-state index in [0.29, 0.717) is 0 Å². The van der Waals surface area contributed by atoms with Crippen molar-refractivity contribution in [3.63, 3.8) is 0 Å². The molecule has 2 nitrogen and oxygen atoms in total. The molecule has 12 heavy (non-hydrogen) atoms. The van der Waals surface area contributed by atoms with Gasteiger partial charge in [-0.3, -0.25) is 4.21 Å². The molecule has 0 saturated carbocycles. The fourth-order valence-electron chi connectivity index (χ4n) is 0.794. The molecule has 1 rings (SSSR count). The number of hydrogen-bond acceptors (Lipinski definition) is 2. The smallest absolute Gasteiger partial charge is 0.0249 e. The van der Waals surface area contributed by atoms with E-state index in [4.69, 9.17) is 0 Å². The zero-order valence-corrected chi connectivity index (χ0v) is 7.35. The summed E-state index contributed by atoms with van der Waals surface area (Å²) in [5.41, 5.74) is 0.826. The van der Waals surface area contributed by atoms with E-state index in [1.807, 2.05) is 0 Å². The van der Waals surface area contributed by atoms with Crippen molar-refractivity contribution in [1.82, 2.24) is 0 Å². The minimum atomic E-state index is -2.14. The standard InChI is InChI=1S/C9H8O2S/c1-2-3-8-4-6-9(7-5-8)12(10)11/h4-7H,1H3,(H,10,11)/p-1. The third kappa shape index (κ3) is 2.19. The Morgan fingerprint density at radius 2 is 1.92 bits per heavy atom. The van der Waals surface area contributed by atoms with Crippen molar-refractivity contribution in [1.29, 1.82) is 0 Å². The molecule has 0 spiro atoms. The highest BCUT2D eigenvalue weighted by Crippen LogP contribution is 2.05. The molecule has 0 aliphatic heterocycles. The molecule has 1 atom stereocenters. The van der Waals surface area contributed by atoms with Crippen molar-refractivity contribution >= 4 is 11.1 Å². The molecule has 0 aliphatic carbocycles. The van der Waals surface area contributed by atoms with Gasteiger partial charge in [0, 0.05) is 10.5 Å². The van der Waals surface area contributed by atoms with Crippen LogP contribution in [-0.2, 0) is 11.1 Å². The predicted molar refractivity (Wildman–Crippen MR) is 46.2 cm³/mol. The summed E-state index contributed by atoms with van der Waals surface area (Å²) in [6.45, 7) is 1.74. The second-order valence-electron chi connectivity index (χ2n) is 2.13. The van der Waals surface area contributed by atoms with Gasteiger partial charge in [0.25, 0.3) is 0 Å². The lowest BCUT2D eigenvalue weighted by Crippen LogP contribution is -1.87. The van der Waals surface area contributed by atoms with Crippen molar-refractivity contribution in [2.75, 3.05) is 0 Å². The summed E-state index contributed by atoms with van der Waals surface area (Å²) < 4.78 is 20.9. The van der Waals surface area contributed by atoms with Gasteiger partial charge in [-0.05, 0) is 42.3 Å². The fraction of sp³-hybridized carbons (Fsp3) is 0.111. The summed E-state index contributed by atoms with van der Waals surface area (Å²) >= 11 is -2.14. The molecule has 1 aromatic rings. The minimum Gasteiger partial charge on any atom is -0.768 e. The fourth-order valence-corrected chi connectivity index (χ4v) is 1.15. The van der Waals surface area contributed by atoms with Crippen LogP contribution in [0, 0.1) is 11.8 Å². The van der Waals surface area contributed by atoms with Crippen LogP contribution in [0.15, 0.2) is 29.2 Å². The Labute approximate surface area is 73.9 Å². The maximum absolute atomic E-state index is 10.4. The lowest BCUT2D eigenvalue weighted by atomic mass is 10.2. The van der Waals surface area contributed by atoms with Gasteiger partial charge in [-0.1, -0.05) is 5.92 Å². The zero-order valence-electron chi connectivity index (χ0n) is 6.53. The predicted octanol–water partition coefficient (Wildman–Crippen LogP) is 1.30. The first kappa shape index (κ1) is 8.98. The summed E-state index contributed by atoms with van der Waals surface area (Å²) in [7, 11) is 0. The van der Waals surface area contributed by atoms with Gasteiger partial charge in [-0.2, -0.15) is 0 Å². The Bertz CT molecular complexity index is 343. The van der Waals surface area contributed by atoms with Gasteiger partial charge in [-0.25, -0.2) is 0 Å². The summed E-state index contributed by atoms with van der Waals surface area (Å²) in [4.78, 5) is 0.289. The van der Waals surface area contributed by atoms with Crippen molar-refractivity contribution < 1.29 is 8.76 Å².